The quantitative estimate of drug-likeness (QED) is 0.753. The lowest BCUT2D eigenvalue weighted by Crippen LogP contribution is -2.48. The molecule has 0 saturated heterocycles. The number of hydrogen-bond acceptors (Lipinski definition) is 3. The predicted molar refractivity (Wildman–Crippen MR) is 68.3 cm³/mol. The summed E-state index contributed by atoms with van der Waals surface area (Å²) in [5.41, 5.74) is 0.901. The second-order valence-electron chi connectivity index (χ2n) is 4.89. The molecule has 0 aliphatic heterocycles. The smallest absolute Gasteiger partial charge is 0.193 e. The molecule has 1 aromatic heterocycles. The van der Waals surface area contributed by atoms with Gasteiger partial charge in [-0.3, -0.25) is 9.69 Å². The summed E-state index contributed by atoms with van der Waals surface area (Å²) in [7, 11) is 4.07. The Morgan fingerprint density at radius 3 is 2.44 bits per heavy atom. The Hall–Kier alpha value is -0.670. The highest BCUT2D eigenvalue weighted by atomic mass is 32.1. The van der Waals surface area contributed by atoms with E-state index in [4.69, 9.17) is 0 Å². The predicted octanol–water partition coefficient (Wildman–Crippen LogP) is 3.11. The van der Waals surface area contributed by atoms with Crippen LogP contribution in [0.2, 0.25) is 0 Å². The molecule has 0 bridgehead atoms. The Morgan fingerprint density at radius 2 is 2.00 bits per heavy atom. The van der Waals surface area contributed by atoms with Gasteiger partial charge in [0, 0.05) is 0 Å². The molecule has 16 heavy (non-hydrogen) atoms. The highest BCUT2D eigenvalue weighted by Gasteiger charge is 2.44. The van der Waals surface area contributed by atoms with Gasteiger partial charge in [0.1, 0.15) is 0 Å². The average Bonchev–Trinajstić information content (AvgIpc) is 2.85. The van der Waals surface area contributed by atoms with Crippen molar-refractivity contribution in [1.29, 1.82) is 0 Å². The number of ketones is 1. The van der Waals surface area contributed by atoms with Crippen molar-refractivity contribution in [2.24, 2.45) is 0 Å². The fourth-order valence-corrected chi connectivity index (χ4v) is 3.61. The van der Waals surface area contributed by atoms with Gasteiger partial charge in [0.05, 0.1) is 10.4 Å². The third-order valence-electron chi connectivity index (χ3n) is 3.78. The minimum absolute atomic E-state index is 0.227. The summed E-state index contributed by atoms with van der Waals surface area (Å²) in [6.07, 6.45) is 4.37. The molecular formula is C13H19NOS. The van der Waals surface area contributed by atoms with Gasteiger partial charge in [-0.1, -0.05) is 12.8 Å². The lowest BCUT2D eigenvalue weighted by molar-refractivity contribution is 0.0697. The summed E-state index contributed by atoms with van der Waals surface area (Å²) in [6, 6.07) is 2.04. The minimum Gasteiger partial charge on any atom is -0.297 e. The summed E-state index contributed by atoms with van der Waals surface area (Å²) in [6.45, 7) is 2.03. The standard InChI is InChI=1S/C13H19NOS/c1-10-6-9-16-11(10)12(15)13(14(2)3)7-4-5-8-13/h6,9H,4-5,7-8H2,1-3H3. The van der Waals surface area contributed by atoms with Crippen molar-refractivity contribution in [3.05, 3.63) is 21.9 Å². The lowest BCUT2D eigenvalue weighted by Gasteiger charge is -2.34. The van der Waals surface area contributed by atoms with Crippen LogP contribution in [0.25, 0.3) is 0 Å². The number of carbonyl (C=O) groups is 1. The fraction of sp³-hybridized carbons (Fsp3) is 0.615. The van der Waals surface area contributed by atoms with E-state index in [1.165, 1.54) is 12.8 Å². The number of carbonyl (C=O) groups excluding carboxylic acids is 1. The Labute approximate surface area is 101 Å². The molecule has 0 atom stereocenters. The number of hydrogen-bond donors (Lipinski definition) is 0. The number of nitrogens with zero attached hydrogens (tertiary/aromatic N) is 1. The minimum atomic E-state index is -0.227. The molecule has 0 unspecified atom stereocenters. The Bertz CT molecular complexity index is 388. The van der Waals surface area contributed by atoms with Crippen molar-refractivity contribution in [3.63, 3.8) is 0 Å². The van der Waals surface area contributed by atoms with Crippen molar-refractivity contribution in [2.75, 3.05) is 14.1 Å². The van der Waals surface area contributed by atoms with Gasteiger partial charge < -0.3 is 0 Å². The zero-order valence-electron chi connectivity index (χ0n) is 10.2. The molecule has 3 heteroatoms. The average molecular weight is 237 g/mol. The lowest BCUT2D eigenvalue weighted by atomic mass is 9.88. The van der Waals surface area contributed by atoms with Crippen LogP contribution in [0.5, 0.6) is 0 Å². The van der Waals surface area contributed by atoms with E-state index >= 15 is 0 Å². The van der Waals surface area contributed by atoms with Gasteiger partial charge in [0.25, 0.3) is 0 Å². The SMILES string of the molecule is Cc1ccsc1C(=O)C1(N(C)C)CCCC1. The molecule has 0 amide bonds. The van der Waals surface area contributed by atoms with Crippen LogP contribution in [0.15, 0.2) is 11.4 Å². The molecule has 88 valence electrons. The molecule has 1 aromatic rings. The Kier molecular flexibility index (Phi) is 3.17. The van der Waals surface area contributed by atoms with Crippen LogP contribution < -0.4 is 0 Å². The maximum Gasteiger partial charge on any atom is 0.193 e. The van der Waals surface area contributed by atoms with E-state index in [1.54, 1.807) is 11.3 Å². The number of aryl methyl sites for hydroxylation is 1. The summed E-state index contributed by atoms with van der Waals surface area (Å²) in [4.78, 5) is 15.7. The van der Waals surface area contributed by atoms with E-state index in [2.05, 4.69) is 4.90 Å². The number of Topliss-reactive ketones (excluding diaryl/α,β-unsaturated/α-hetero) is 1. The van der Waals surface area contributed by atoms with E-state index in [1.807, 2.05) is 32.5 Å². The van der Waals surface area contributed by atoms with Crippen LogP contribution >= 0.6 is 11.3 Å². The van der Waals surface area contributed by atoms with Crippen LogP contribution in [0.3, 0.4) is 0 Å². The molecule has 1 heterocycles. The van der Waals surface area contributed by atoms with Gasteiger partial charge in [-0.25, -0.2) is 0 Å². The third-order valence-corrected chi connectivity index (χ3v) is 4.79. The molecule has 0 N–H and O–H groups in total. The maximum atomic E-state index is 12.7. The largest absolute Gasteiger partial charge is 0.297 e. The van der Waals surface area contributed by atoms with Crippen LogP contribution in [-0.2, 0) is 0 Å². The fourth-order valence-electron chi connectivity index (χ4n) is 2.65. The first-order chi connectivity index (χ1) is 7.58. The summed E-state index contributed by atoms with van der Waals surface area (Å²) < 4.78 is 0. The van der Waals surface area contributed by atoms with Crippen molar-refractivity contribution < 1.29 is 4.79 Å². The zero-order chi connectivity index (χ0) is 11.8. The van der Waals surface area contributed by atoms with E-state index in [9.17, 15) is 4.79 Å². The second kappa shape index (κ2) is 4.30. The molecule has 1 saturated carbocycles. The topological polar surface area (TPSA) is 20.3 Å². The van der Waals surface area contributed by atoms with Gasteiger partial charge >= 0.3 is 0 Å². The monoisotopic (exact) mass is 237 g/mol. The van der Waals surface area contributed by atoms with Gasteiger partial charge in [-0.05, 0) is 50.9 Å². The van der Waals surface area contributed by atoms with Crippen molar-refractivity contribution in [2.45, 2.75) is 38.1 Å². The number of thiophene rings is 1. The molecule has 1 fully saturated rings. The summed E-state index contributed by atoms with van der Waals surface area (Å²) >= 11 is 1.58. The Morgan fingerprint density at radius 1 is 1.38 bits per heavy atom. The van der Waals surface area contributed by atoms with Gasteiger partial charge in [0.15, 0.2) is 5.78 Å². The number of rotatable bonds is 3. The molecule has 0 spiro atoms. The van der Waals surface area contributed by atoms with Crippen LogP contribution in [0.4, 0.5) is 0 Å². The van der Waals surface area contributed by atoms with Crippen LogP contribution in [0.1, 0.15) is 40.9 Å². The van der Waals surface area contributed by atoms with Crippen molar-refractivity contribution >= 4 is 17.1 Å². The van der Waals surface area contributed by atoms with Crippen molar-refractivity contribution in [1.82, 2.24) is 4.90 Å². The van der Waals surface area contributed by atoms with Crippen LogP contribution in [0, 0.1) is 6.92 Å². The van der Waals surface area contributed by atoms with Crippen molar-refractivity contribution in [3.8, 4) is 0 Å². The molecule has 0 radical (unpaired) electrons. The molecule has 1 aliphatic rings. The molecule has 2 rings (SSSR count). The van der Waals surface area contributed by atoms with E-state index in [-0.39, 0.29) is 5.54 Å². The van der Waals surface area contributed by atoms with Gasteiger partial charge in [-0.15, -0.1) is 11.3 Å². The molecule has 2 nitrogen and oxygen atoms in total. The summed E-state index contributed by atoms with van der Waals surface area (Å²) in [5.74, 6) is 0.336. The van der Waals surface area contributed by atoms with E-state index < -0.39 is 0 Å². The zero-order valence-corrected chi connectivity index (χ0v) is 11.1. The molecule has 0 aromatic carbocycles. The summed E-state index contributed by atoms with van der Waals surface area (Å²) in [5, 5.41) is 2.01. The normalized spacial score (nSPS) is 19.2. The first-order valence-electron chi connectivity index (χ1n) is 5.84. The van der Waals surface area contributed by atoms with E-state index in [0.29, 0.717) is 5.78 Å². The number of likely N-dealkylation sites (N-methyl/N-ethyl adjacent to an activating group) is 1. The Balaban J connectivity index is 2.35. The third kappa shape index (κ3) is 1.72. The van der Waals surface area contributed by atoms with Gasteiger partial charge in [0.2, 0.25) is 0 Å². The first-order valence-corrected chi connectivity index (χ1v) is 6.72. The molecule has 1 aliphatic carbocycles. The second-order valence-corrected chi connectivity index (χ2v) is 5.81. The highest BCUT2D eigenvalue weighted by molar-refractivity contribution is 7.12. The van der Waals surface area contributed by atoms with E-state index in [0.717, 1.165) is 23.3 Å². The van der Waals surface area contributed by atoms with Gasteiger partial charge in [-0.2, -0.15) is 0 Å². The maximum absolute atomic E-state index is 12.7. The molecular weight excluding hydrogens is 218 g/mol. The first kappa shape index (κ1) is 11.8. The van der Waals surface area contributed by atoms with Crippen LogP contribution in [-0.4, -0.2) is 30.3 Å². The highest BCUT2D eigenvalue weighted by Crippen LogP contribution is 2.38.